The van der Waals surface area contributed by atoms with Gasteiger partial charge in [-0.2, -0.15) is 4.99 Å². The summed E-state index contributed by atoms with van der Waals surface area (Å²) < 4.78 is 23.6. The van der Waals surface area contributed by atoms with E-state index in [1.165, 1.54) is 9.47 Å². The molecule has 252 valence electrons. The molecule has 2 amide bonds. The number of aldehydes is 1. The average Bonchev–Trinajstić information content (AvgIpc) is 2.93. The van der Waals surface area contributed by atoms with E-state index < -0.39 is 54.8 Å². The van der Waals surface area contributed by atoms with Crippen molar-refractivity contribution in [3.8, 4) is 0 Å². The van der Waals surface area contributed by atoms with Crippen LogP contribution in [0.4, 0.5) is 4.79 Å². The van der Waals surface area contributed by atoms with E-state index in [-0.39, 0.29) is 17.7 Å². The van der Waals surface area contributed by atoms with Gasteiger partial charge in [0, 0.05) is 34.7 Å². The van der Waals surface area contributed by atoms with Gasteiger partial charge in [0.05, 0.1) is 51.8 Å². The number of aromatic nitrogens is 2. The van der Waals surface area contributed by atoms with Gasteiger partial charge >= 0.3 is 29.9 Å². The summed E-state index contributed by atoms with van der Waals surface area (Å²) in [5.74, 6) is -3.09. The molecule has 0 radical (unpaired) electrons. The number of quaternary nitrogens is 1. The first-order chi connectivity index (χ1) is 21.3. The number of benzene rings is 1. The first-order valence-corrected chi connectivity index (χ1v) is 14.5. The third-order valence-corrected chi connectivity index (χ3v) is 6.84. The number of rotatable bonds is 13. The van der Waals surface area contributed by atoms with Crippen LogP contribution in [-0.2, 0) is 44.7 Å². The third kappa shape index (κ3) is 11.1. The van der Waals surface area contributed by atoms with E-state index in [9.17, 15) is 28.8 Å². The zero-order chi connectivity index (χ0) is 34.9. The van der Waals surface area contributed by atoms with E-state index in [1.807, 2.05) is 35.0 Å². The van der Waals surface area contributed by atoms with Crippen LogP contribution in [0.2, 0.25) is 0 Å². The highest BCUT2D eigenvalue weighted by Crippen LogP contribution is 2.21. The van der Waals surface area contributed by atoms with E-state index in [4.69, 9.17) is 18.9 Å². The molecule has 0 fully saturated rings. The van der Waals surface area contributed by atoms with Crippen LogP contribution in [0.25, 0.3) is 11.0 Å². The fraction of sp³-hybridized carbons (Fsp3) is 0.548. The minimum atomic E-state index is -1.50. The topological polar surface area (TPSA) is 173 Å². The monoisotopic (exact) mass is 646 g/mol. The van der Waals surface area contributed by atoms with Gasteiger partial charge in [-0.15, -0.1) is 0 Å². The molecule has 3 unspecified atom stereocenters. The van der Waals surface area contributed by atoms with E-state index >= 15 is 0 Å². The molecule has 0 saturated heterocycles. The van der Waals surface area contributed by atoms with Crippen molar-refractivity contribution in [2.75, 3.05) is 47.9 Å². The molecule has 0 bridgehead atoms. The number of ether oxygens (including phenoxy) is 4. The number of fused-ring (bicyclic) bond motifs is 1. The third-order valence-electron chi connectivity index (χ3n) is 6.84. The summed E-state index contributed by atoms with van der Waals surface area (Å²) in [6.45, 7) is 8.28. The summed E-state index contributed by atoms with van der Waals surface area (Å²) in [5.41, 5.74) is 2.18. The normalized spacial score (nSPS) is 13.7. The van der Waals surface area contributed by atoms with E-state index in [2.05, 4.69) is 9.98 Å². The largest absolute Gasteiger partial charge is 0.462 e. The standard InChI is InChI=1S/C31H44N5O10/c1-18-13-24-26(14-19(18)2)35(30(25(16-37)32-24)33-31(42)34(7)11-12-36(8,9)10)15-27(44-21(4)39)29(46-23(6)41)28(45-22(5)40)17-43-20(3)38/h13-14,16,27-29H,11-12,15,17H2,1-10H3/q+1/b33-30+. The molecular weight excluding hydrogens is 602 g/mol. The molecule has 2 aromatic rings. The maximum atomic E-state index is 13.4. The van der Waals surface area contributed by atoms with Gasteiger partial charge in [0.2, 0.25) is 0 Å². The number of urea groups is 1. The number of aryl methyl sites for hydroxylation is 2. The van der Waals surface area contributed by atoms with Gasteiger partial charge < -0.3 is 32.9 Å². The number of hydrogen-bond donors (Lipinski definition) is 0. The Morgan fingerprint density at radius 2 is 1.48 bits per heavy atom. The second kappa shape index (κ2) is 16.1. The van der Waals surface area contributed by atoms with Crippen LogP contribution in [0, 0.1) is 13.8 Å². The predicted molar refractivity (Wildman–Crippen MR) is 164 cm³/mol. The molecule has 0 aliphatic heterocycles. The van der Waals surface area contributed by atoms with Crippen LogP contribution < -0.4 is 5.49 Å². The molecule has 2 rings (SSSR count). The van der Waals surface area contributed by atoms with Crippen LogP contribution in [0.15, 0.2) is 17.1 Å². The van der Waals surface area contributed by atoms with Crippen LogP contribution in [0.1, 0.15) is 49.3 Å². The van der Waals surface area contributed by atoms with Gasteiger partial charge in [-0.3, -0.25) is 24.0 Å². The van der Waals surface area contributed by atoms with Crippen molar-refractivity contribution in [1.82, 2.24) is 14.5 Å². The van der Waals surface area contributed by atoms with E-state index in [1.54, 1.807) is 19.2 Å². The highest BCUT2D eigenvalue weighted by atomic mass is 16.6. The lowest BCUT2D eigenvalue weighted by Crippen LogP contribution is -2.50. The molecule has 15 nitrogen and oxygen atoms in total. The molecule has 1 aromatic heterocycles. The van der Waals surface area contributed by atoms with Crippen LogP contribution >= 0.6 is 0 Å². The van der Waals surface area contributed by atoms with Gasteiger partial charge in [0.1, 0.15) is 12.3 Å². The van der Waals surface area contributed by atoms with Gasteiger partial charge in [0.15, 0.2) is 30.1 Å². The number of likely N-dealkylation sites (N-methyl/N-ethyl adjacent to an activating group) is 2. The number of carbonyl (C=O) groups excluding carboxylic acids is 6. The Kier molecular flexibility index (Phi) is 13.1. The minimum Gasteiger partial charge on any atom is -0.462 e. The minimum absolute atomic E-state index is 0.143. The number of carbonyl (C=O) groups is 6. The molecule has 0 N–H and O–H groups in total. The fourth-order valence-corrected chi connectivity index (χ4v) is 4.42. The van der Waals surface area contributed by atoms with E-state index in [0.717, 1.165) is 38.8 Å². The Balaban J connectivity index is 2.91. The Labute approximate surface area is 267 Å². The summed E-state index contributed by atoms with van der Waals surface area (Å²) in [6.07, 6.45) is -3.85. The second-order valence-corrected chi connectivity index (χ2v) is 12.0. The highest BCUT2D eigenvalue weighted by Gasteiger charge is 2.38. The Hall–Kier alpha value is -4.66. The summed E-state index contributed by atoms with van der Waals surface area (Å²) >= 11 is 0. The van der Waals surface area contributed by atoms with Crippen LogP contribution in [0.3, 0.4) is 0 Å². The maximum absolute atomic E-state index is 13.4. The molecule has 0 spiro atoms. The second-order valence-electron chi connectivity index (χ2n) is 12.0. The lowest BCUT2D eigenvalue weighted by atomic mass is 10.1. The Morgan fingerprint density at radius 1 is 0.913 bits per heavy atom. The summed E-state index contributed by atoms with van der Waals surface area (Å²) in [5, 5.41) is 0. The molecule has 0 aliphatic carbocycles. The Morgan fingerprint density at radius 3 is 2.00 bits per heavy atom. The molecule has 1 heterocycles. The van der Waals surface area contributed by atoms with Crippen molar-refractivity contribution in [3.05, 3.63) is 34.4 Å². The zero-order valence-corrected chi connectivity index (χ0v) is 28.1. The smallest absolute Gasteiger partial charge is 0.345 e. The summed E-state index contributed by atoms with van der Waals surface area (Å²) in [6, 6.07) is 2.85. The zero-order valence-electron chi connectivity index (χ0n) is 28.1. The molecule has 46 heavy (non-hydrogen) atoms. The van der Waals surface area contributed by atoms with Gasteiger partial charge in [-0.25, -0.2) is 9.78 Å². The number of hydrogen-bond acceptors (Lipinski definition) is 11. The number of nitrogens with zero attached hydrogens (tertiary/aromatic N) is 5. The lowest BCUT2D eigenvalue weighted by Gasteiger charge is -2.32. The lowest BCUT2D eigenvalue weighted by molar-refractivity contribution is -0.869. The van der Waals surface area contributed by atoms with Gasteiger partial charge in [-0.05, 0) is 37.1 Å². The molecule has 15 heteroatoms. The summed E-state index contributed by atoms with van der Waals surface area (Å²) in [7, 11) is 7.51. The first kappa shape index (κ1) is 37.5. The molecular formula is C31H44N5O10+. The van der Waals surface area contributed by atoms with Crippen LogP contribution in [-0.4, -0.2) is 121 Å². The van der Waals surface area contributed by atoms with Crippen molar-refractivity contribution in [1.29, 1.82) is 0 Å². The van der Waals surface area contributed by atoms with Gasteiger partial charge in [-0.1, -0.05) is 0 Å². The Bertz CT molecular complexity index is 1560. The van der Waals surface area contributed by atoms with Crippen molar-refractivity contribution >= 4 is 47.2 Å². The average molecular weight is 647 g/mol. The SMILES string of the molecule is CC(=O)OCC(OC(C)=O)C(OC(C)=O)C(Cn1/c(=N/C(=O)N(C)CC[N+](C)(C)C)c(C=O)nc2cc(C)c(C)cc21)OC(C)=O. The first-order valence-electron chi connectivity index (χ1n) is 14.5. The van der Waals surface area contributed by atoms with E-state index in [0.29, 0.717) is 34.9 Å². The number of esters is 4. The van der Waals surface area contributed by atoms with Crippen molar-refractivity contribution in [3.63, 3.8) is 0 Å². The van der Waals surface area contributed by atoms with Gasteiger partial charge in [0.25, 0.3) is 0 Å². The fourth-order valence-electron chi connectivity index (χ4n) is 4.42. The van der Waals surface area contributed by atoms with Crippen molar-refractivity contribution in [2.24, 2.45) is 4.99 Å². The predicted octanol–water partition coefficient (Wildman–Crippen LogP) is 1.48. The van der Waals surface area contributed by atoms with Crippen molar-refractivity contribution < 1.29 is 52.2 Å². The quantitative estimate of drug-likeness (QED) is 0.134. The maximum Gasteiger partial charge on any atom is 0.345 e. The molecule has 3 atom stereocenters. The number of amides is 2. The molecule has 1 aromatic carbocycles. The van der Waals surface area contributed by atoms with Crippen LogP contribution in [0.5, 0.6) is 0 Å². The molecule has 0 saturated carbocycles. The molecule has 0 aliphatic rings. The summed E-state index contributed by atoms with van der Waals surface area (Å²) in [4.78, 5) is 84.3. The highest BCUT2D eigenvalue weighted by molar-refractivity contribution is 5.83. The van der Waals surface area contributed by atoms with Crippen molar-refractivity contribution in [2.45, 2.75) is 66.4 Å².